The van der Waals surface area contributed by atoms with E-state index in [4.69, 9.17) is 10.7 Å². The van der Waals surface area contributed by atoms with E-state index in [1.54, 1.807) is 19.2 Å². The third kappa shape index (κ3) is 3.99. The summed E-state index contributed by atoms with van der Waals surface area (Å²) in [5.41, 5.74) is 7.83. The number of hydrogen-bond donors (Lipinski definition) is 3. The molecule has 4 aromatic rings. The molecule has 1 aliphatic rings. The SMILES string of the molecule is CCC#Cc1cccc2nc(C(C)NC(=O)c3c(N)nn4c3NCC=C4)n(-c3ccccc3)c(=O)c12. The summed E-state index contributed by atoms with van der Waals surface area (Å²) in [7, 11) is 0. The molecule has 0 saturated carbocycles. The van der Waals surface area contributed by atoms with Crippen LogP contribution in [0.5, 0.6) is 0 Å². The van der Waals surface area contributed by atoms with Crippen molar-refractivity contribution in [3.05, 3.63) is 81.9 Å². The average molecular weight is 480 g/mol. The lowest BCUT2D eigenvalue weighted by molar-refractivity contribution is 0.0939. The number of amides is 1. The number of aromatic nitrogens is 4. The maximum Gasteiger partial charge on any atom is 0.267 e. The number of anilines is 2. The molecule has 3 heterocycles. The van der Waals surface area contributed by atoms with Gasteiger partial charge in [-0.25, -0.2) is 9.67 Å². The van der Waals surface area contributed by atoms with Gasteiger partial charge >= 0.3 is 0 Å². The Hall–Kier alpha value is -4.84. The standard InChI is InChI=1S/C27H25N7O2/c1-3-4-10-18-11-8-14-20-21(18)27(36)34(19-12-6-5-7-13-19)24(31-20)17(2)30-26(35)22-23(28)32-33-16-9-15-29-25(22)33/h5-9,11-14,16-17,29H,3,15H2,1-2H3,(H2,28,32)(H,30,35). The molecule has 1 atom stereocenters. The van der Waals surface area contributed by atoms with Gasteiger partial charge in [-0.3, -0.25) is 14.2 Å². The van der Waals surface area contributed by atoms with Crippen LogP contribution in [0.1, 0.15) is 48.1 Å². The van der Waals surface area contributed by atoms with E-state index in [-0.39, 0.29) is 16.9 Å². The summed E-state index contributed by atoms with van der Waals surface area (Å²) in [4.78, 5) is 32.0. The number of fused-ring (bicyclic) bond motifs is 2. The van der Waals surface area contributed by atoms with Gasteiger partial charge in [-0.15, -0.1) is 5.10 Å². The predicted molar refractivity (Wildman–Crippen MR) is 141 cm³/mol. The van der Waals surface area contributed by atoms with Crippen molar-refractivity contribution >= 4 is 34.6 Å². The first-order valence-electron chi connectivity index (χ1n) is 11.7. The number of benzene rings is 2. The third-order valence-electron chi connectivity index (χ3n) is 5.87. The van der Waals surface area contributed by atoms with Gasteiger partial charge in [0.05, 0.1) is 22.6 Å². The minimum atomic E-state index is -0.630. The quantitative estimate of drug-likeness (QED) is 0.386. The molecule has 0 fully saturated rings. The zero-order valence-corrected chi connectivity index (χ0v) is 19.9. The molecule has 180 valence electrons. The summed E-state index contributed by atoms with van der Waals surface area (Å²) in [5.74, 6) is 6.72. The van der Waals surface area contributed by atoms with Crippen LogP contribution in [-0.2, 0) is 0 Å². The Morgan fingerprint density at radius 2 is 2.03 bits per heavy atom. The van der Waals surface area contributed by atoms with Crippen molar-refractivity contribution in [2.24, 2.45) is 0 Å². The van der Waals surface area contributed by atoms with Crippen LogP contribution in [0.25, 0.3) is 22.8 Å². The fourth-order valence-electron chi connectivity index (χ4n) is 4.25. The molecule has 0 bridgehead atoms. The van der Waals surface area contributed by atoms with E-state index in [1.807, 2.05) is 55.5 Å². The van der Waals surface area contributed by atoms with E-state index in [1.165, 1.54) is 9.25 Å². The van der Waals surface area contributed by atoms with Gasteiger partial charge in [0, 0.05) is 24.7 Å². The van der Waals surface area contributed by atoms with Crippen LogP contribution in [0.2, 0.25) is 0 Å². The Labute approximate surface area is 207 Å². The second-order valence-corrected chi connectivity index (χ2v) is 8.32. The second-order valence-electron chi connectivity index (χ2n) is 8.32. The van der Waals surface area contributed by atoms with Gasteiger partial charge < -0.3 is 16.4 Å². The number of para-hydroxylation sites is 1. The monoisotopic (exact) mass is 479 g/mol. The molecule has 1 amide bonds. The molecule has 2 aromatic heterocycles. The molecule has 4 N–H and O–H groups in total. The molecule has 0 aliphatic carbocycles. The van der Waals surface area contributed by atoms with Crippen LogP contribution in [-0.4, -0.2) is 31.8 Å². The summed E-state index contributed by atoms with van der Waals surface area (Å²) in [6.45, 7) is 4.30. The van der Waals surface area contributed by atoms with Crippen molar-refractivity contribution in [1.29, 1.82) is 0 Å². The number of hydrogen-bond acceptors (Lipinski definition) is 6. The molecule has 1 aliphatic heterocycles. The van der Waals surface area contributed by atoms with Crippen molar-refractivity contribution in [3.8, 4) is 17.5 Å². The lowest BCUT2D eigenvalue weighted by atomic mass is 10.1. The van der Waals surface area contributed by atoms with E-state index < -0.39 is 11.9 Å². The molecule has 0 radical (unpaired) electrons. The molecule has 1 unspecified atom stereocenters. The highest BCUT2D eigenvalue weighted by Gasteiger charge is 2.26. The lowest BCUT2D eigenvalue weighted by Crippen LogP contribution is -2.34. The Balaban J connectivity index is 1.63. The minimum absolute atomic E-state index is 0.111. The summed E-state index contributed by atoms with van der Waals surface area (Å²) in [5, 5.41) is 10.7. The van der Waals surface area contributed by atoms with E-state index in [2.05, 4.69) is 27.6 Å². The van der Waals surface area contributed by atoms with Gasteiger partial charge in [0.25, 0.3) is 11.5 Å². The topological polar surface area (TPSA) is 120 Å². The zero-order valence-electron chi connectivity index (χ0n) is 19.9. The van der Waals surface area contributed by atoms with Gasteiger partial charge in [-0.2, -0.15) is 0 Å². The largest absolute Gasteiger partial charge is 0.381 e. The Morgan fingerprint density at radius 3 is 2.81 bits per heavy atom. The second kappa shape index (κ2) is 9.43. The van der Waals surface area contributed by atoms with Crippen LogP contribution in [0.3, 0.4) is 0 Å². The van der Waals surface area contributed by atoms with Crippen LogP contribution >= 0.6 is 0 Å². The number of nitrogens with zero attached hydrogens (tertiary/aromatic N) is 4. The third-order valence-corrected chi connectivity index (χ3v) is 5.87. The van der Waals surface area contributed by atoms with Gasteiger partial charge in [0.1, 0.15) is 17.2 Å². The number of rotatable bonds is 4. The fraction of sp³-hybridized carbons (Fsp3) is 0.185. The number of nitrogens with one attached hydrogen (secondary N) is 2. The van der Waals surface area contributed by atoms with Crippen molar-refractivity contribution in [2.45, 2.75) is 26.3 Å². The van der Waals surface area contributed by atoms with Crippen molar-refractivity contribution in [1.82, 2.24) is 24.6 Å². The summed E-state index contributed by atoms with van der Waals surface area (Å²) in [6.07, 6.45) is 4.30. The van der Waals surface area contributed by atoms with Crippen LogP contribution in [0.15, 0.2) is 59.4 Å². The number of carbonyl (C=O) groups is 1. The predicted octanol–water partition coefficient (Wildman–Crippen LogP) is 3.31. The highest BCUT2D eigenvalue weighted by Crippen LogP contribution is 2.26. The normalized spacial score (nSPS) is 12.8. The highest BCUT2D eigenvalue weighted by atomic mass is 16.2. The smallest absolute Gasteiger partial charge is 0.267 e. The van der Waals surface area contributed by atoms with Crippen LogP contribution < -0.4 is 21.9 Å². The number of nitrogen functional groups attached to an aromatic ring is 1. The molecule has 0 spiro atoms. The van der Waals surface area contributed by atoms with Crippen molar-refractivity contribution in [3.63, 3.8) is 0 Å². The molecule has 5 rings (SSSR count). The number of carbonyl (C=O) groups excluding carboxylic acids is 1. The van der Waals surface area contributed by atoms with E-state index in [0.717, 1.165) is 0 Å². The van der Waals surface area contributed by atoms with Gasteiger partial charge in [-0.1, -0.05) is 43.0 Å². The average Bonchev–Trinajstić information content (AvgIpc) is 3.23. The minimum Gasteiger partial charge on any atom is -0.381 e. The highest BCUT2D eigenvalue weighted by molar-refractivity contribution is 6.04. The molecular formula is C27H25N7O2. The van der Waals surface area contributed by atoms with Gasteiger partial charge in [-0.05, 0) is 37.3 Å². The van der Waals surface area contributed by atoms with Gasteiger partial charge in [0.2, 0.25) is 0 Å². The van der Waals surface area contributed by atoms with Crippen LogP contribution in [0.4, 0.5) is 11.6 Å². The zero-order chi connectivity index (χ0) is 25.2. The molecule has 9 nitrogen and oxygen atoms in total. The first-order chi connectivity index (χ1) is 17.5. The summed E-state index contributed by atoms with van der Waals surface area (Å²) >= 11 is 0. The Kier molecular flexibility index (Phi) is 6.00. The Morgan fingerprint density at radius 1 is 1.22 bits per heavy atom. The van der Waals surface area contributed by atoms with E-state index in [9.17, 15) is 9.59 Å². The fourth-order valence-corrected chi connectivity index (χ4v) is 4.25. The maximum atomic E-state index is 13.9. The Bertz CT molecular complexity index is 1620. The van der Waals surface area contributed by atoms with Gasteiger partial charge in [0.15, 0.2) is 5.82 Å². The number of nitrogens with two attached hydrogens (primary N) is 1. The molecule has 2 aromatic carbocycles. The van der Waals surface area contributed by atoms with Crippen LogP contribution in [0, 0.1) is 11.8 Å². The first kappa shape index (κ1) is 22.9. The summed E-state index contributed by atoms with van der Waals surface area (Å²) in [6, 6.07) is 14.0. The van der Waals surface area contributed by atoms with Crippen molar-refractivity contribution in [2.75, 3.05) is 17.6 Å². The lowest BCUT2D eigenvalue weighted by Gasteiger charge is -2.20. The first-order valence-corrected chi connectivity index (χ1v) is 11.7. The molecule has 0 saturated heterocycles. The molecule has 9 heteroatoms. The van der Waals surface area contributed by atoms with Crippen molar-refractivity contribution < 1.29 is 4.79 Å². The van der Waals surface area contributed by atoms with E-state index in [0.29, 0.717) is 46.8 Å². The summed E-state index contributed by atoms with van der Waals surface area (Å²) < 4.78 is 3.06. The molecule has 36 heavy (non-hydrogen) atoms. The van der Waals surface area contributed by atoms with E-state index >= 15 is 0 Å². The maximum absolute atomic E-state index is 13.9. The molecular weight excluding hydrogens is 454 g/mol.